The van der Waals surface area contributed by atoms with E-state index in [1.165, 1.54) is 6.07 Å². The van der Waals surface area contributed by atoms with Gasteiger partial charge in [-0.3, -0.25) is 0 Å². The Morgan fingerprint density at radius 3 is 1.76 bits per heavy atom. The van der Waals surface area contributed by atoms with E-state index in [2.05, 4.69) is 20.8 Å². The van der Waals surface area contributed by atoms with Gasteiger partial charge in [-0.1, -0.05) is 62.7 Å². The molecule has 4 heteroatoms. The van der Waals surface area contributed by atoms with E-state index in [9.17, 15) is 13.2 Å². The Balaban J connectivity index is 2.39. The van der Waals surface area contributed by atoms with Gasteiger partial charge in [-0.15, -0.1) is 0 Å². The molecule has 0 aliphatic heterocycles. The van der Waals surface area contributed by atoms with Crippen LogP contribution in [0.15, 0.2) is 42.5 Å². The van der Waals surface area contributed by atoms with Crippen LogP contribution in [-0.4, -0.2) is 0 Å². The molecule has 2 aromatic rings. The summed E-state index contributed by atoms with van der Waals surface area (Å²) in [6, 6.07) is 11.2. The molecule has 0 atom stereocenters. The third kappa shape index (κ3) is 3.59. The highest BCUT2D eigenvalue weighted by atomic mass is 35.5. The van der Waals surface area contributed by atoms with Gasteiger partial charge in [0.05, 0.1) is 5.56 Å². The molecule has 112 valence electrons. The predicted octanol–water partition coefficient (Wildman–Crippen LogP) is 6.32. The van der Waals surface area contributed by atoms with Crippen molar-refractivity contribution in [2.45, 2.75) is 32.4 Å². The van der Waals surface area contributed by atoms with Crippen LogP contribution in [0.5, 0.6) is 0 Å². The van der Waals surface area contributed by atoms with Crippen molar-refractivity contribution in [1.29, 1.82) is 0 Å². The normalized spacial score (nSPS) is 12.5. The van der Waals surface area contributed by atoms with E-state index in [-0.39, 0.29) is 10.4 Å². The molecular weight excluding hydrogens is 297 g/mol. The number of rotatable bonds is 1. The summed E-state index contributed by atoms with van der Waals surface area (Å²) in [4.78, 5) is 0. The minimum Gasteiger partial charge on any atom is -0.166 e. The zero-order valence-electron chi connectivity index (χ0n) is 12.1. The molecule has 0 amide bonds. The lowest BCUT2D eigenvalue weighted by molar-refractivity contribution is -0.137. The molecule has 0 nitrogen and oxygen atoms in total. The Hall–Kier alpha value is -1.48. The summed E-state index contributed by atoms with van der Waals surface area (Å²) in [6.07, 6.45) is -4.38. The van der Waals surface area contributed by atoms with Crippen LogP contribution < -0.4 is 0 Å². The predicted molar refractivity (Wildman–Crippen MR) is 80.6 cm³/mol. The van der Waals surface area contributed by atoms with Crippen LogP contribution in [0.3, 0.4) is 0 Å². The van der Waals surface area contributed by atoms with Crippen molar-refractivity contribution in [3.05, 3.63) is 58.6 Å². The molecule has 0 saturated heterocycles. The summed E-state index contributed by atoms with van der Waals surface area (Å²) in [5, 5.41) is 0.105. The van der Waals surface area contributed by atoms with Gasteiger partial charge in [0.1, 0.15) is 0 Å². The smallest absolute Gasteiger partial charge is 0.166 e. The Labute approximate surface area is 127 Å². The van der Waals surface area contributed by atoms with Crippen LogP contribution in [0.25, 0.3) is 11.1 Å². The zero-order chi connectivity index (χ0) is 15.8. The van der Waals surface area contributed by atoms with Crippen molar-refractivity contribution in [3.63, 3.8) is 0 Å². The van der Waals surface area contributed by atoms with Gasteiger partial charge in [-0.05, 0) is 28.7 Å². The molecule has 0 aliphatic carbocycles. The summed E-state index contributed by atoms with van der Waals surface area (Å²) < 4.78 is 37.9. The van der Waals surface area contributed by atoms with Crippen molar-refractivity contribution in [3.8, 4) is 11.1 Å². The first-order valence-corrected chi connectivity index (χ1v) is 6.94. The molecule has 21 heavy (non-hydrogen) atoms. The number of hydrogen-bond acceptors (Lipinski definition) is 0. The fourth-order valence-electron chi connectivity index (χ4n) is 2.08. The molecule has 0 heterocycles. The summed E-state index contributed by atoms with van der Waals surface area (Å²) in [7, 11) is 0. The van der Waals surface area contributed by atoms with E-state index in [4.69, 9.17) is 11.6 Å². The lowest BCUT2D eigenvalue weighted by Gasteiger charge is -2.19. The molecule has 0 radical (unpaired) electrons. The van der Waals surface area contributed by atoms with Crippen LogP contribution in [0.1, 0.15) is 31.9 Å². The van der Waals surface area contributed by atoms with E-state index in [1.54, 1.807) is 0 Å². The molecule has 2 aromatic carbocycles. The number of alkyl halides is 3. The van der Waals surface area contributed by atoms with Crippen molar-refractivity contribution < 1.29 is 13.2 Å². The first kappa shape index (κ1) is 15.9. The van der Waals surface area contributed by atoms with E-state index >= 15 is 0 Å². The van der Waals surface area contributed by atoms with Crippen LogP contribution >= 0.6 is 11.6 Å². The molecule has 0 N–H and O–H groups in total. The van der Waals surface area contributed by atoms with Gasteiger partial charge in [0.15, 0.2) is 0 Å². The first-order chi connectivity index (χ1) is 9.59. The SMILES string of the molecule is CC(C)(C)c1ccc(-c2ccc(C(F)(F)F)cc2Cl)cc1. The quantitative estimate of drug-likeness (QED) is 0.577. The van der Waals surface area contributed by atoms with E-state index in [0.717, 1.165) is 23.3 Å². The fraction of sp³-hybridized carbons (Fsp3) is 0.294. The Morgan fingerprint density at radius 1 is 0.810 bits per heavy atom. The van der Waals surface area contributed by atoms with Gasteiger partial charge in [-0.2, -0.15) is 13.2 Å². The zero-order valence-corrected chi connectivity index (χ0v) is 12.8. The lowest BCUT2D eigenvalue weighted by atomic mass is 9.86. The largest absolute Gasteiger partial charge is 0.416 e. The molecule has 0 aliphatic rings. The average Bonchev–Trinajstić information content (AvgIpc) is 2.36. The topological polar surface area (TPSA) is 0 Å². The second kappa shape index (κ2) is 5.38. The Bertz CT molecular complexity index is 635. The van der Waals surface area contributed by atoms with Crippen molar-refractivity contribution >= 4 is 11.6 Å². The van der Waals surface area contributed by atoms with Crippen LogP contribution in [0, 0.1) is 0 Å². The van der Waals surface area contributed by atoms with Crippen molar-refractivity contribution in [2.75, 3.05) is 0 Å². The third-order valence-electron chi connectivity index (χ3n) is 3.36. The summed E-state index contributed by atoms with van der Waals surface area (Å²) in [5.41, 5.74) is 1.87. The molecule has 0 unspecified atom stereocenters. The molecule has 2 rings (SSSR count). The van der Waals surface area contributed by atoms with Gasteiger partial charge in [0.25, 0.3) is 0 Å². The standard InChI is InChI=1S/C17H16ClF3/c1-16(2,3)12-6-4-11(5-7-12)14-9-8-13(10-15(14)18)17(19,20)21/h4-10H,1-3H3. The highest BCUT2D eigenvalue weighted by Gasteiger charge is 2.30. The molecule has 0 fully saturated rings. The van der Waals surface area contributed by atoms with E-state index < -0.39 is 11.7 Å². The maximum atomic E-state index is 12.6. The fourth-order valence-corrected chi connectivity index (χ4v) is 2.36. The number of hydrogen-bond donors (Lipinski definition) is 0. The Morgan fingerprint density at radius 2 is 1.33 bits per heavy atom. The second-order valence-corrected chi connectivity index (χ2v) is 6.43. The van der Waals surface area contributed by atoms with E-state index in [0.29, 0.717) is 5.56 Å². The summed E-state index contributed by atoms with van der Waals surface area (Å²) >= 11 is 6.00. The highest BCUT2D eigenvalue weighted by Crippen LogP contribution is 2.36. The van der Waals surface area contributed by atoms with Gasteiger partial charge >= 0.3 is 6.18 Å². The van der Waals surface area contributed by atoms with Crippen molar-refractivity contribution in [1.82, 2.24) is 0 Å². The van der Waals surface area contributed by atoms with Crippen LogP contribution in [0.4, 0.5) is 13.2 Å². The second-order valence-electron chi connectivity index (χ2n) is 6.02. The van der Waals surface area contributed by atoms with Crippen LogP contribution in [0.2, 0.25) is 5.02 Å². The minimum atomic E-state index is -4.38. The van der Waals surface area contributed by atoms with Gasteiger partial charge in [-0.25, -0.2) is 0 Å². The molecule has 0 bridgehead atoms. The summed E-state index contributed by atoms with van der Waals surface area (Å²) in [6.45, 7) is 6.31. The summed E-state index contributed by atoms with van der Waals surface area (Å²) in [5.74, 6) is 0. The number of benzene rings is 2. The van der Waals surface area contributed by atoms with Gasteiger partial charge < -0.3 is 0 Å². The molecule has 0 saturated carbocycles. The minimum absolute atomic E-state index is 0.0302. The Kier molecular flexibility index (Phi) is 4.07. The highest BCUT2D eigenvalue weighted by molar-refractivity contribution is 6.33. The van der Waals surface area contributed by atoms with Gasteiger partial charge in [0, 0.05) is 10.6 Å². The van der Waals surface area contributed by atoms with Crippen LogP contribution in [-0.2, 0) is 11.6 Å². The molecule has 0 spiro atoms. The monoisotopic (exact) mass is 312 g/mol. The maximum Gasteiger partial charge on any atom is 0.416 e. The van der Waals surface area contributed by atoms with Crippen molar-refractivity contribution in [2.24, 2.45) is 0 Å². The third-order valence-corrected chi connectivity index (χ3v) is 3.67. The average molecular weight is 313 g/mol. The maximum absolute atomic E-state index is 12.6. The lowest BCUT2D eigenvalue weighted by Crippen LogP contribution is -2.10. The molecular formula is C17H16ClF3. The van der Waals surface area contributed by atoms with E-state index in [1.807, 2.05) is 24.3 Å². The van der Waals surface area contributed by atoms with Gasteiger partial charge in [0.2, 0.25) is 0 Å². The number of halogens is 4. The molecule has 0 aromatic heterocycles. The first-order valence-electron chi connectivity index (χ1n) is 6.57.